The zero-order valence-electron chi connectivity index (χ0n) is 14.3. The predicted molar refractivity (Wildman–Crippen MR) is 92.7 cm³/mol. The zero-order chi connectivity index (χ0) is 18.7. The van der Waals surface area contributed by atoms with Gasteiger partial charge in [0.15, 0.2) is 5.69 Å². The average Bonchev–Trinajstić information content (AvgIpc) is 3.12. The third kappa shape index (κ3) is 3.46. The standard InChI is InChI=1S/C17H17N5O4/c1-3-26-17(25)14-7-11(20-21-14)8-18-15(23)10-4-5-12-13(6-10)19-9-22(2)16(12)24/h4-7,9H,3,8H2,1-2H3,(H,18,23)(H,20,21). The normalized spacial score (nSPS) is 10.7. The van der Waals surface area contributed by atoms with Crippen LogP contribution in [0, 0.1) is 0 Å². The van der Waals surface area contributed by atoms with Gasteiger partial charge in [-0.1, -0.05) is 0 Å². The summed E-state index contributed by atoms with van der Waals surface area (Å²) in [5.41, 5.74) is 1.37. The Balaban J connectivity index is 1.70. The number of hydrogen-bond donors (Lipinski definition) is 2. The van der Waals surface area contributed by atoms with E-state index >= 15 is 0 Å². The van der Waals surface area contributed by atoms with Gasteiger partial charge in [0, 0.05) is 12.6 Å². The van der Waals surface area contributed by atoms with Crippen LogP contribution in [0.3, 0.4) is 0 Å². The first kappa shape index (κ1) is 17.3. The second-order valence-electron chi connectivity index (χ2n) is 5.57. The molecular formula is C17H17N5O4. The number of ether oxygens (including phenoxy) is 1. The summed E-state index contributed by atoms with van der Waals surface area (Å²) in [4.78, 5) is 40.0. The third-order valence-electron chi connectivity index (χ3n) is 3.74. The van der Waals surface area contributed by atoms with Crippen LogP contribution in [0.25, 0.3) is 10.9 Å². The van der Waals surface area contributed by atoms with Gasteiger partial charge in [-0.05, 0) is 31.2 Å². The molecule has 9 heteroatoms. The lowest BCUT2D eigenvalue weighted by Gasteiger charge is -2.05. The van der Waals surface area contributed by atoms with Crippen LogP contribution in [0.15, 0.2) is 35.4 Å². The molecule has 0 bridgehead atoms. The van der Waals surface area contributed by atoms with Crippen LogP contribution in [-0.2, 0) is 18.3 Å². The van der Waals surface area contributed by atoms with Crippen molar-refractivity contribution in [1.29, 1.82) is 0 Å². The second-order valence-corrected chi connectivity index (χ2v) is 5.57. The van der Waals surface area contributed by atoms with Gasteiger partial charge in [-0.3, -0.25) is 14.7 Å². The lowest BCUT2D eigenvalue weighted by atomic mass is 10.1. The van der Waals surface area contributed by atoms with Gasteiger partial charge in [0.1, 0.15) is 0 Å². The van der Waals surface area contributed by atoms with E-state index in [-0.39, 0.29) is 30.3 Å². The molecule has 0 aliphatic heterocycles. The van der Waals surface area contributed by atoms with Crippen LogP contribution in [0.4, 0.5) is 0 Å². The molecule has 2 aromatic heterocycles. The largest absolute Gasteiger partial charge is 0.461 e. The number of carbonyl (C=O) groups excluding carboxylic acids is 2. The number of aromatic nitrogens is 4. The maximum absolute atomic E-state index is 12.3. The summed E-state index contributed by atoms with van der Waals surface area (Å²) < 4.78 is 6.23. The molecule has 134 valence electrons. The van der Waals surface area contributed by atoms with Crippen molar-refractivity contribution < 1.29 is 14.3 Å². The van der Waals surface area contributed by atoms with Crippen LogP contribution in [0.1, 0.15) is 33.5 Å². The number of benzene rings is 1. The maximum atomic E-state index is 12.3. The molecule has 3 rings (SSSR count). The Morgan fingerprint density at radius 2 is 2.12 bits per heavy atom. The molecule has 3 aromatic rings. The number of nitrogens with zero attached hydrogens (tertiary/aromatic N) is 3. The summed E-state index contributed by atoms with van der Waals surface area (Å²) in [6.07, 6.45) is 1.41. The van der Waals surface area contributed by atoms with E-state index in [1.165, 1.54) is 17.0 Å². The highest BCUT2D eigenvalue weighted by Crippen LogP contribution is 2.10. The van der Waals surface area contributed by atoms with E-state index < -0.39 is 5.97 Å². The van der Waals surface area contributed by atoms with E-state index in [1.54, 1.807) is 32.2 Å². The lowest BCUT2D eigenvalue weighted by molar-refractivity contribution is 0.0519. The van der Waals surface area contributed by atoms with E-state index in [4.69, 9.17) is 4.74 Å². The number of rotatable bonds is 5. The molecule has 0 saturated heterocycles. The Kier molecular flexibility index (Phi) is 4.78. The molecule has 2 N–H and O–H groups in total. The molecule has 9 nitrogen and oxygen atoms in total. The molecule has 2 heterocycles. The number of carbonyl (C=O) groups is 2. The zero-order valence-corrected chi connectivity index (χ0v) is 14.3. The number of H-pyrrole nitrogens is 1. The minimum atomic E-state index is -0.525. The molecule has 0 fully saturated rings. The molecule has 1 amide bonds. The van der Waals surface area contributed by atoms with Gasteiger partial charge in [-0.2, -0.15) is 5.10 Å². The summed E-state index contributed by atoms with van der Waals surface area (Å²) in [6.45, 7) is 2.13. The van der Waals surface area contributed by atoms with Crippen LogP contribution in [-0.4, -0.2) is 38.2 Å². The molecule has 0 atom stereocenters. The van der Waals surface area contributed by atoms with Crippen molar-refractivity contribution in [2.45, 2.75) is 13.5 Å². The first-order chi connectivity index (χ1) is 12.5. The summed E-state index contributed by atoms with van der Waals surface area (Å²) in [6, 6.07) is 6.22. The van der Waals surface area contributed by atoms with Gasteiger partial charge < -0.3 is 14.6 Å². The van der Waals surface area contributed by atoms with Crippen LogP contribution >= 0.6 is 0 Å². The van der Waals surface area contributed by atoms with E-state index in [0.29, 0.717) is 22.2 Å². The SMILES string of the molecule is CCOC(=O)c1cc(CNC(=O)c2ccc3c(=O)n(C)cnc3c2)[nH]n1. The minimum absolute atomic E-state index is 0.154. The highest BCUT2D eigenvalue weighted by molar-refractivity contribution is 5.97. The predicted octanol–water partition coefficient (Wildman–Crippen LogP) is 0.763. The smallest absolute Gasteiger partial charge is 0.358 e. The Labute approximate surface area is 148 Å². The molecule has 0 saturated carbocycles. The van der Waals surface area contributed by atoms with Crippen LogP contribution < -0.4 is 10.9 Å². The molecule has 0 unspecified atom stereocenters. The maximum Gasteiger partial charge on any atom is 0.358 e. The third-order valence-corrected chi connectivity index (χ3v) is 3.74. The van der Waals surface area contributed by atoms with Crippen molar-refractivity contribution in [3.63, 3.8) is 0 Å². The van der Waals surface area contributed by atoms with E-state index in [0.717, 1.165) is 0 Å². The fraction of sp³-hybridized carbons (Fsp3) is 0.235. The Morgan fingerprint density at radius 3 is 2.88 bits per heavy atom. The number of hydrogen-bond acceptors (Lipinski definition) is 6. The number of aryl methyl sites for hydroxylation is 1. The van der Waals surface area contributed by atoms with Gasteiger partial charge in [-0.25, -0.2) is 9.78 Å². The van der Waals surface area contributed by atoms with E-state index in [2.05, 4.69) is 20.5 Å². The summed E-state index contributed by atoms with van der Waals surface area (Å²) in [7, 11) is 1.62. The van der Waals surface area contributed by atoms with Gasteiger partial charge in [-0.15, -0.1) is 0 Å². The highest BCUT2D eigenvalue weighted by atomic mass is 16.5. The van der Waals surface area contributed by atoms with Crippen LogP contribution in [0.5, 0.6) is 0 Å². The van der Waals surface area contributed by atoms with Crippen molar-refractivity contribution in [2.75, 3.05) is 6.61 Å². The quantitative estimate of drug-likeness (QED) is 0.652. The van der Waals surface area contributed by atoms with Gasteiger partial charge in [0.05, 0.1) is 36.1 Å². The summed E-state index contributed by atoms with van der Waals surface area (Å²) in [5, 5.41) is 9.68. The van der Waals surface area contributed by atoms with Crippen molar-refractivity contribution in [3.05, 3.63) is 57.9 Å². The monoisotopic (exact) mass is 355 g/mol. The highest BCUT2D eigenvalue weighted by Gasteiger charge is 2.13. The fourth-order valence-corrected chi connectivity index (χ4v) is 2.39. The molecular weight excluding hydrogens is 338 g/mol. The number of aromatic amines is 1. The van der Waals surface area contributed by atoms with Gasteiger partial charge >= 0.3 is 5.97 Å². The molecule has 0 aliphatic carbocycles. The van der Waals surface area contributed by atoms with Gasteiger partial charge in [0.25, 0.3) is 11.5 Å². The Hall–Kier alpha value is -3.49. The van der Waals surface area contributed by atoms with E-state index in [1.807, 2.05) is 0 Å². The lowest BCUT2D eigenvalue weighted by Crippen LogP contribution is -2.23. The number of nitrogens with one attached hydrogen (secondary N) is 2. The van der Waals surface area contributed by atoms with Crippen LogP contribution in [0.2, 0.25) is 0 Å². The molecule has 0 radical (unpaired) electrons. The first-order valence-electron chi connectivity index (χ1n) is 7.94. The minimum Gasteiger partial charge on any atom is -0.461 e. The first-order valence-corrected chi connectivity index (χ1v) is 7.94. The average molecular weight is 355 g/mol. The molecule has 0 aliphatic rings. The van der Waals surface area contributed by atoms with E-state index in [9.17, 15) is 14.4 Å². The molecule has 0 spiro atoms. The number of amides is 1. The summed E-state index contributed by atoms with van der Waals surface area (Å²) >= 11 is 0. The van der Waals surface area contributed by atoms with Crippen molar-refractivity contribution in [2.24, 2.45) is 7.05 Å². The fourth-order valence-electron chi connectivity index (χ4n) is 2.39. The molecule has 26 heavy (non-hydrogen) atoms. The number of fused-ring (bicyclic) bond motifs is 1. The topological polar surface area (TPSA) is 119 Å². The van der Waals surface area contributed by atoms with Gasteiger partial charge in [0.2, 0.25) is 0 Å². The Bertz CT molecular complexity index is 1040. The summed E-state index contributed by atoms with van der Waals surface area (Å²) in [5.74, 6) is -0.856. The van der Waals surface area contributed by atoms with Crippen molar-refractivity contribution >= 4 is 22.8 Å². The molecule has 1 aromatic carbocycles. The number of esters is 1. The van der Waals surface area contributed by atoms with Crippen molar-refractivity contribution in [1.82, 2.24) is 25.1 Å². The Morgan fingerprint density at radius 1 is 1.31 bits per heavy atom. The van der Waals surface area contributed by atoms with Crippen molar-refractivity contribution in [3.8, 4) is 0 Å². The second kappa shape index (κ2) is 7.18.